The molecule has 1 heterocycles. The monoisotopic (exact) mass is 1380 g/mol. The van der Waals surface area contributed by atoms with Gasteiger partial charge in [-0.3, -0.25) is 57.5 Å². The molecular weight excluding hydrogens is 1250 g/mol. The first-order valence-corrected chi connectivity index (χ1v) is 34.9. The van der Waals surface area contributed by atoms with Crippen molar-refractivity contribution in [2.24, 2.45) is 53.3 Å². The number of fused-ring (bicyclic) bond motifs is 1. The van der Waals surface area contributed by atoms with Crippen molar-refractivity contribution in [3.8, 4) is 0 Å². The number of rotatable bonds is 36. The van der Waals surface area contributed by atoms with E-state index in [4.69, 9.17) is 0 Å². The number of benzene rings is 1. The summed E-state index contributed by atoms with van der Waals surface area (Å²) in [4.78, 5) is 178. The maximum atomic E-state index is 14.6. The summed E-state index contributed by atoms with van der Waals surface area (Å²) in [6.07, 6.45) is 3.77. The average Bonchev–Trinajstić information content (AvgIpc) is 1.30. The number of hydrogen-bond acceptors (Lipinski definition) is 13. The fraction of sp³-hybridized carbons (Fsp3) is 0.726. The Morgan fingerprint density at radius 3 is 1.34 bits per heavy atom. The van der Waals surface area contributed by atoms with Crippen molar-refractivity contribution in [1.29, 1.82) is 0 Å². The number of aromatic amines is 1. The molecule has 2 rings (SSSR count). The molecule has 25 nitrogen and oxygen atoms in total. The van der Waals surface area contributed by atoms with Crippen LogP contribution in [0.3, 0.4) is 0 Å². The van der Waals surface area contributed by atoms with Crippen LogP contribution in [0.4, 0.5) is 0 Å². The third-order valence-corrected chi connectivity index (χ3v) is 19.1. The first kappa shape index (κ1) is 88.6. The van der Waals surface area contributed by atoms with Gasteiger partial charge >= 0.3 is 0 Å². The van der Waals surface area contributed by atoms with Gasteiger partial charge < -0.3 is 65.0 Å². The van der Waals surface area contributed by atoms with Crippen LogP contribution in [0, 0.1) is 53.3 Å². The van der Waals surface area contributed by atoms with Crippen LogP contribution in [0.15, 0.2) is 30.5 Å². The fourth-order valence-corrected chi connectivity index (χ4v) is 12.3. The van der Waals surface area contributed by atoms with E-state index in [1.165, 1.54) is 67.3 Å². The van der Waals surface area contributed by atoms with E-state index in [2.05, 4.69) is 20.9 Å². The molecular formula is C73H127N13O12. The maximum Gasteiger partial charge on any atom is 0.245 e. The number of para-hydroxylation sites is 1. The molecule has 98 heavy (non-hydrogen) atoms. The van der Waals surface area contributed by atoms with Crippen molar-refractivity contribution in [2.75, 3.05) is 97.2 Å². The fourth-order valence-electron chi connectivity index (χ4n) is 12.3. The molecule has 1 aromatic heterocycles. The molecule has 0 fully saturated rings. The van der Waals surface area contributed by atoms with E-state index in [9.17, 15) is 57.5 Å². The average molecular weight is 1380 g/mol. The Balaban J connectivity index is 0.00000109. The molecule has 0 aliphatic heterocycles. The van der Waals surface area contributed by atoms with Crippen LogP contribution < -0.4 is 16.0 Å². The van der Waals surface area contributed by atoms with E-state index in [0.717, 1.165) is 22.9 Å². The van der Waals surface area contributed by atoms with Gasteiger partial charge in [0.05, 0.1) is 25.7 Å². The number of ketones is 1. The summed E-state index contributed by atoms with van der Waals surface area (Å²) < 4.78 is 0. The van der Waals surface area contributed by atoms with Gasteiger partial charge in [0.25, 0.3) is 0 Å². The topological polar surface area (TPSA) is 286 Å². The van der Waals surface area contributed by atoms with E-state index >= 15 is 0 Å². The summed E-state index contributed by atoms with van der Waals surface area (Å²) in [7, 11) is 17.6. The van der Waals surface area contributed by atoms with Crippen LogP contribution in [-0.4, -0.2) is 265 Å². The zero-order chi connectivity index (χ0) is 76.0. The van der Waals surface area contributed by atoms with Crippen molar-refractivity contribution >= 4 is 81.7 Å². The van der Waals surface area contributed by atoms with E-state index in [1.807, 2.05) is 142 Å². The Hall–Kier alpha value is -7.44. The molecule has 12 unspecified atom stereocenters. The maximum absolute atomic E-state index is 14.6. The summed E-state index contributed by atoms with van der Waals surface area (Å²) in [5.41, 5.74) is 1.60. The number of aromatic nitrogens is 1. The summed E-state index contributed by atoms with van der Waals surface area (Å²) in [5, 5.41) is 9.45. The van der Waals surface area contributed by atoms with E-state index in [0.29, 0.717) is 12.8 Å². The van der Waals surface area contributed by atoms with Crippen LogP contribution in [-0.2, 0) is 64.0 Å². The van der Waals surface area contributed by atoms with Crippen LogP contribution in [0.5, 0.6) is 0 Å². The predicted molar refractivity (Wildman–Crippen MR) is 386 cm³/mol. The molecule has 0 saturated heterocycles. The van der Waals surface area contributed by atoms with E-state index in [-0.39, 0.29) is 108 Å². The number of likely N-dealkylation sites (N-methyl/N-ethyl adjacent to an activating group) is 9. The number of carbonyl (C=O) groups is 12. The molecule has 556 valence electrons. The molecule has 4 N–H and O–H groups in total. The molecule has 11 amide bonds. The molecule has 0 spiro atoms. The Bertz CT molecular complexity index is 3000. The number of carbonyl (C=O) groups excluding carboxylic acids is 12. The third-order valence-electron chi connectivity index (χ3n) is 19.1. The van der Waals surface area contributed by atoms with Gasteiger partial charge in [0.15, 0.2) is 5.78 Å². The summed E-state index contributed by atoms with van der Waals surface area (Å²) >= 11 is 0. The minimum absolute atomic E-state index is 0.0231. The van der Waals surface area contributed by atoms with Crippen LogP contribution in [0.1, 0.15) is 149 Å². The van der Waals surface area contributed by atoms with Crippen molar-refractivity contribution in [2.45, 2.75) is 199 Å². The second-order valence-electron chi connectivity index (χ2n) is 29.4. The highest BCUT2D eigenvalue weighted by Gasteiger charge is 2.43. The summed E-state index contributed by atoms with van der Waals surface area (Å²) in [5.74, 6) is -5.97. The highest BCUT2D eigenvalue weighted by atomic mass is 16.2. The van der Waals surface area contributed by atoms with Gasteiger partial charge in [-0.05, 0) is 80.0 Å². The number of hydrogen-bond donors (Lipinski definition) is 4. The molecule has 1 aromatic carbocycles. The molecule has 0 saturated carbocycles. The number of H-pyrrole nitrogens is 1. The number of nitrogens with one attached hydrogen (secondary N) is 4. The van der Waals surface area contributed by atoms with Crippen molar-refractivity contribution in [3.63, 3.8) is 0 Å². The number of nitrogens with zero attached hydrogens (tertiary/aromatic N) is 9. The lowest BCUT2D eigenvalue weighted by molar-refractivity contribution is -0.153. The quantitative estimate of drug-likeness (QED) is 0.0657. The Kier molecular flexibility index (Phi) is 36.7. The van der Waals surface area contributed by atoms with Crippen molar-refractivity contribution < 1.29 is 57.5 Å². The second-order valence-corrected chi connectivity index (χ2v) is 29.4. The lowest BCUT2D eigenvalue weighted by Gasteiger charge is -2.38. The van der Waals surface area contributed by atoms with Crippen molar-refractivity contribution in [3.05, 3.63) is 36.0 Å². The number of amides is 11. The van der Waals surface area contributed by atoms with Gasteiger partial charge in [0, 0.05) is 92.9 Å². The molecule has 0 aliphatic rings. The molecule has 2 aromatic rings. The summed E-state index contributed by atoms with van der Waals surface area (Å²) in [6.45, 7) is 32.9. The van der Waals surface area contributed by atoms with Crippen LogP contribution in [0.25, 0.3) is 10.9 Å². The highest BCUT2D eigenvalue weighted by molar-refractivity contribution is 5.98. The van der Waals surface area contributed by atoms with E-state index < -0.39 is 90.3 Å². The van der Waals surface area contributed by atoms with Gasteiger partial charge in [-0.15, -0.1) is 0 Å². The van der Waals surface area contributed by atoms with Crippen LogP contribution >= 0.6 is 0 Å². The Labute approximate surface area is 586 Å². The largest absolute Gasteiger partial charge is 0.361 e. The molecule has 12 atom stereocenters. The third kappa shape index (κ3) is 24.5. The Morgan fingerprint density at radius 2 is 0.867 bits per heavy atom. The zero-order valence-corrected chi connectivity index (χ0v) is 65.1. The summed E-state index contributed by atoms with van der Waals surface area (Å²) in [6, 6.07) is 0.712. The predicted octanol–water partition coefficient (Wildman–Crippen LogP) is 5.50. The highest BCUT2D eigenvalue weighted by Crippen LogP contribution is 2.25. The van der Waals surface area contributed by atoms with Gasteiger partial charge in [0.1, 0.15) is 42.3 Å². The van der Waals surface area contributed by atoms with Crippen LogP contribution in [0.2, 0.25) is 0 Å². The van der Waals surface area contributed by atoms with E-state index in [1.54, 1.807) is 67.5 Å². The minimum atomic E-state index is -1.15. The molecule has 0 radical (unpaired) electrons. The smallest absolute Gasteiger partial charge is 0.245 e. The van der Waals surface area contributed by atoms with Gasteiger partial charge in [0.2, 0.25) is 65.0 Å². The first-order valence-electron chi connectivity index (χ1n) is 34.9. The normalized spacial score (nSPS) is 15.2. The lowest BCUT2D eigenvalue weighted by atomic mass is 9.93. The zero-order valence-electron chi connectivity index (χ0n) is 65.1. The second kappa shape index (κ2) is 40.6. The van der Waals surface area contributed by atoms with Crippen molar-refractivity contribution in [1.82, 2.24) is 65.0 Å². The molecule has 25 heteroatoms. The lowest BCUT2D eigenvalue weighted by Crippen LogP contribution is -2.60. The molecule has 0 aliphatic carbocycles. The van der Waals surface area contributed by atoms with Gasteiger partial charge in [-0.2, -0.15) is 0 Å². The Morgan fingerprint density at radius 1 is 0.418 bits per heavy atom. The SMILES string of the molecule is CCC(C)C(C(C)=O)N(C)C(=O)C(C(C)C)N(C)C(=O)CN(C)C(=O)C(C(C)C)N(C)C(=O)C(C)C(C)C.CCC(C)C(NC(=O)C(C(C)C)N(C)C(=O)C(Cc1c[nH]c2ccccc12)NC(=O)CN(C)C(=O)C(C(C)CC)N(C)C(=O)C(NC(=O)CN(C)C)C(C)C)C(=O)N(C)C. The minimum Gasteiger partial charge on any atom is -0.361 e. The standard InChI is InChI=1S/C44H73N9O7.C29H54N4O5/c1-16-28(7)37(42(58)50(11)12)48-40(56)38(27(5)6)52(14)41(57)33(22-30-23-45-32-21-19-18-20-31(30)32)46-35(55)25-51(13)44(60)39(29(8)17-2)53(15)43(59)36(26(3)4)47-34(54)24-49(9)10;1-15-20(8)26(22(10)34)33(14)29(38)25(19(6)7)31(12)23(35)16-30(11)28(37)24(18(4)5)32(13)27(36)21(9)17(2)3/h18-21,23,26-29,33,36-39,45H,16-17,22,24-25H2,1-15H3,(H,46,55)(H,47,54)(H,48,56);17-21,24-26H,15-16H2,1-14H3. The number of Topliss-reactive ketones (excluding diaryl/α,β-unsaturated/α-hetero) is 1. The van der Waals surface area contributed by atoms with Gasteiger partial charge in [-0.1, -0.05) is 155 Å². The first-order chi connectivity index (χ1) is 45.3. The van der Waals surface area contributed by atoms with Gasteiger partial charge in [-0.25, -0.2) is 0 Å². The molecule has 0 bridgehead atoms.